The summed E-state index contributed by atoms with van der Waals surface area (Å²) in [6.07, 6.45) is 1.75. The van der Waals surface area contributed by atoms with Gasteiger partial charge in [-0.1, -0.05) is 35.8 Å². The van der Waals surface area contributed by atoms with Gasteiger partial charge in [0.25, 0.3) is 0 Å². The molecule has 6 heteroatoms. The Balaban J connectivity index is 1.81. The molecule has 24 heavy (non-hydrogen) atoms. The number of hydrogen-bond acceptors (Lipinski definition) is 4. The normalized spacial score (nSPS) is 25.0. The molecule has 1 N–H and O–H groups in total. The second-order valence-corrected chi connectivity index (χ2v) is 6.17. The molecule has 0 spiro atoms. The molecule has 6 nitrogen and oxygen atoms in total. The van der Waals surface area contributed by atoms with Crippen LogP contribution in [0.15, 0.2) is 53.6 Å². The molecular formula is C18H18N4O2. The van der Waals surface area contributed by atoms with Crippen molar-refractivity contribution < 1.29 is 9.84 Å². The lowest BCUT2D eigenvalue weighted by molar-refractivity contribution is 0.0874. The number of aliphatic hydroxyl groups excluding tert-OH is 1. The lowest BCUT2D eigenvalue weighted by Gasteiger charge is -2.44. The van der Waals surface area contributed by atoms with Crippen LogP contribution in [-0.2, 0) is 0 Å². The van der Waals surface area contributed by atoms with Crippen LogP contribution in [0.5, 0.6) is 11.5 Å². The Morgan fingerprint density at radius 1 is 1.04 bits per heavy atom. The van der Waals surface area contributed by atoms with E-state index in [9.17, 15) is 5.11 Å². The molecule has 2 aromatic carbocycles. The van der Waals surface area contributed by atoms with E-state index in [0.29, 0.717) is 0 Å². The summed E-state index contributed by atoms with van der Waals surface area (Å²) < 4.78 is 6.00. The molecule has 1 saturated carbocycles. The second kappa shape index (κ2) is 6.07. The van der Waals surface area contributed by atoms with Gasteiger partial charge in [-0.15, -0.1) is 0 Å². The maximum atomic E-state index is 10.8. The zero-order valence-electron chi connectivity index (χ0n) is 13.1. The fourth-order valence-corrected chi connectivity index (χ4v) is 3.70. The first-order valence-corrected chi connectivity index (χ1v) is 8.17. The average molecular weight is 322 g/mol. The number of para-hydroxylation sites is 4. The number of anilines is 2. The standard InChI is InChI=1S/C18H18N4O2/c19-21-20-12-6-5-9-15(18(12)23)22-13-7-1-3-10-16(13)24-17-11-4-2-8-14(17)22/h1-4,7-8,10-12,15,18,23H,5-6,9H2/t12-,15+,18+/m1/s1. The molecule has 0 saturated heterocycles. The van der Waals surface area contributed by atoms with Gasteiger partial charge in [0, 0.05) is 4.91 Å². The van der Waals surface area contributed by atoms with Gasteiger partial charge in [-0.05, 0) is 42.6 Å². The lowest BCUT2D eigenvalue weighted by atomic mass is 9.86. The summed E-state index contributed by atoms with van der Waals surface area (Å²) in [5.74, 6) is 1.55. The van der Waals surface area contributed by atoms with Gasteiger partial charge in [0.15, 0.2) is 11.5 Å². The Kier molecular flexibility index (Phi) is 3.76. The summed E-state index contributed by atoms with van der Waals surface area (Å²) in [5.41, 5.74) is 10.6. The molecule has 1 heterocycles. The molecule has 0 unspecified atom stereocenters. The zero-order valence-corrected chi connectivity index (χ0v) is 13.1. The van der Waals surface area contributed by atoms with Crippen molar-refractivity contribution in [1.29, 1.82) is 0 Å². The van der Waals surface area contributed by atoms with Crippen LogP contribution in [-0.4, -0.2) is 23.3 Å². The largest absolute Gasteiger partial charge is 0.453 e. The number of aliphatic hydroxyl groups is 1. The second-order valence-electron chi connectivity index (χ2n) is 6.17. The first kappa shape index (κ1) is 14.9. The van der Waals surface area contributed by atoms with Crippen LogP contribution in [0.1, 0.15) is 19.3 Å². The highest BCUT2D eigenvalue weighted by molar-refractivity contribution is 5.78. The average Bonchev–Trinajstić information content (AvgIpc) is 2.62. The quantitative estimate of drug-likeness (QED) is 0.501. The van der Waals surface area contributed by atoms with Crippen LogP contribution in [0.2, 0.25) is 0 Å². The summed E-state index contributed by atoms with van der Waals surface area (Å²) in [5, 5.41) is 14.6. The van der Waals surface area contributed by atoms with E-state index in [2.05, 4.69) is 14.9 Å². The predicted octanol–water partition coefficient (Wildman–Crippen LogP) is 4.52. The minimum Gasteiger partial charge on any atom is -0.453 e. The number of nitrogens with zero attached hydrogens (tertiary/aromatic N) is 4. The van der Waals surface area contributed by atoms with Crippen molar-refractivity contribution in [3.8, 4) is 11.5 Å². The van der Waals surface area contributed by atoms with Crippen molar-refractivity contribution >= 4 is 11.4 Å². The smallest absolute Gasteiger partial charge is 0.151 e. The number of ether oxygens (including phenoxy) is 1. The van der Waals surface area contributed by atoms with E-state index in [1.807, 2.05) is 48.5 Å². The van der Waals surface area contributed by atoms with Crippen LogP contribution >= 0.6 is 0 Å². The van der Waals surface area contributed by atoms with Crippen molar-refractivity contribution in [3.05, 3.63) is 59.0 Å². The van der Waals surface area contributed by atoms with Gasteiger partial charge in [0.05, 0.1) is 29.6 Å². The van der Waals surface area contributed by atoms with E-state index >= 15 is 0 Å². The summed E-state index contributed by atoms with van der Waals surface area (Å²) in [6.45, 7) is 0. The van der Waals surface area contributed by atoms with Crippen LogP contribution in [0, 0.1) is 0 Å². The lowest BCUT2D eigenvalue weighted by Crippen LogP contribution is -2.49. The summed E-state index contributed by atoms with van der Waals surface area (Å²) >= 11 is 0. The number of benzene rings is 2. The van der Waals surface area contributed by atoms with Crippen molar-refractivity contribution in [2.45, 2.75) is 37.5 Å². The molecule has 2 aromatic rings. The van der Waals surface area contributed by atoms with E-state index in [1.165, 1.54) is 0 Å². The van der Waals surface area contributed by atoms with Gasteiger partial charge in [0.1, 0.15) is 0 Å². The number of azide groups is 1. The molecule has 1 fully saturated rings. The van der Waals surface area contributed by atoms with Gasteiger partial charge in [-0.3, -0.25) is 0 Å². The molecule has 1 aliphatic heterocycles. The third-order valence-corrected chi connectivity index (χ3v) is 4.79. The highest BCUT2D eigenvalue weighted by Crippen LogP contribution is 2.49. The van der Waals surface area contributed by atoms with E-state index < -0.39 is 12.1 Å². The minimum atomic E-state index is -0.714. The highest BCUT2D eigenvalue weighted by Gasteiger charge is 2.39. The Labute approximate surface area is 139 Å². The molecule has 4 rings (SSSR count). The molecule has 122 valence electrons. The van der Waals surface area contributed by atoms with E-state index in [4.69, 9.17) is 10.3 Å². The maximum absolute atomic E-state index is 10.8. The summed E-state index contributed by atoms with van der Waals surface area (Å²) in [6, 6.07) is 15.1. The first-order valence-electron chi connectivity index (χ1n) is 8.17. The van der Waals surface area contributed by atoms with Gasteiger partial charge in [-0.2, -0.15) is 0 Å². The van der Waals surface area contributed by atoms with Gasteiger partial charge < -0.3 is 14.7 Å². The van der Waals surface area contributed by atoms with Gasteiger partial charge in [-0.25, -0.2) is 0 Å². The monoisotopic (exact) mass is 322 g/mol. The molecule has 0 amide bonds. The van der Waals surface area contributed by atoms with Crippen molar-refractivity contribution in [2.24, 2.45) is 5.11 Å². The van der Waals surface area contributed by atoms with Crippen molar-refractivity contribution in [1.82, 2.24) is 0 Å². The van der Waals surface area contributed by atoms with Crippen LogP contribution in [0.3, 0.4) is 0 Å². The van der Waals surface area contributed by atoms with Crippen molar-refractivity contribution in [2.75, 3.05) is 4.90 Å². The molecule has 0 bridgehead atoms. The van der Waals surface area contributed by atoms with E-state index in [-0.39, 0.29) is 6.04 Å². The summed E-state index contributed by atoms with van der Waals surface area (Å²) in [7, 11) is 0. The Bertz CT molecular complexity index is 758. The third-order valence-electron chi connectivity index (χ3n) is 4.79. The Morgan fingerprint density at radius 2 is 1.67 bits per heavy atom. The zero-order chi connectivity index (χ0) is 16.5. The van der Waals surface area contributed by atoms with Crippen molar-refractivity contribution in [3.63, 3.8) is 0 Å². The fourth-order valence-electron chi connectivity index (χ4n) is 3.70. The first-order chi connectivity index (χ1) is 11.8. The SMILES string of the molecule is [N-]=[N+]=N[C@@H]1CCC[C@H](N2c3ccccc3Oc3ccccc32)[C@H]1O. The third kappa shape index (κ3) is 2.37. The van der Waals surface area contributed by atoms with Crippen LogP contribution < -0.4 is 9.64 Å². The molecular weight excluding hydrogens is 304 g/mol. The number of rotatable bonds is 2. The van der Waals surface area contributed by atoms with Crippen LogP contribution in [0.4, 0.5) is 11.4 Å². The molecule has 1 aliphatic carbocycles. The minimum absolute atomic E-state index is 0.152. The maximum Gasteiger partial charge on any atom is 0.151 e. The Morgan fingerprint density at radius 3 is 2.29 bits per heavy atom. The van der Waals surface area contributed by atoms with Gasteiger partial charge in [0.2, 0.25) is 0 Å². The Hall–Kier alpha value is -2.69. The highest BCUT2D eigenvalue weighted by atomic mass is 16.5. The predicted molar refractivity (Wildman–Crippen MR) is 91.7 cm³/mol. The summed E-state index contributed by atoms with van der Waals surface area (Å²) in [4.78, 5) is 5.04. The van der Waals surface area contributed by atoms with E-state index in [0.717, 1.165) is 42.1 Å². The van der Waals surface area contributed by atoms with Gasteiger partial charge >= 0.3 is 0 Å². The number of hydrogen-bond donors (Lipinski definition) is 1. The molecule has 0 radical (unpaired) electrons. The molecule has 3 atom stereocenters. The van der Waals surface area contributed by atoms with Crippen LogP contribution in [0.25, 0.3) is 10.4 Å². The number of fused-ring (bicyclic) bond motifs is 2. The topological polar surface area (TPSA) is 81.5 Å². The van der Waals surface area contributed by atoms with E-state index in [1.54, 1.807) is 0 Å². The fraction of sp³-hybridized carbons (Fsp3) is 0.333. The molecule has 2 aliphatic rings. The molecule has 0 aromatic heterocycles.